The van der Waals surface area contributed by atoms with E-state index in [1.165, 1.54) is 22.0 Å². The summed E-state index contributed by atoms with van der Waals surface area (Å²) in [5.74, 6) is 0.953. The Hall–Kier alpha value is -2.70. The van der Waals surface area contributed by atoms with Crippen LogP contribution in [0, 0.1) is 0 Å². The zero-order valence-electron chi connectivity index (χ0n) is 19.5. The number of hydrogen-bond acceptors (Lipinski definition) is 4. The van der Waals surface area contributed by atoms with Crippen molar-refractivity contribution >= 4 is 16.6 Å². The third kappa shape index (κ3) is 4.05. The van der Waals surface area contributed by atoms with Crippen LogP contribution in [0.2, 0.25) is 0 Å². The minimum atomic E-state index is -0.631. The molecule has 0 bridgehead atoms. The number of H-pyrrole nitrogens is 1. The first kappa shape index (κ1) is 21.2. The number of nitrogens with zero attached hydrogens (tertiary/aromatic N) is 4. The SMILES string of the molecule is CC(C)c1c(-c2cnc3ccnn3c2)[nH]c2ccc(C3CCN(CC(C)(C)O)CC3)cc12. The number of rotatable bonds is 5. The highest BCUT2D eigenvalue weighted by Gasteiger charge is 2.25. The number of aromatic amines is 1. The molecular formula is C26H33N5O. The molecule has 0 amide bonds. The van der Waals surface area contributed by atoms with Crippen molar-refractivity contribution in [1.29, 1.82) is 0 Å². The molecule has 1 aliphatic heterocycles. The molecule has 2 N–H and O–H groups in total. The van der Waals surface area contributed by atoms with Crippen LogP contribution < -0.4 is 0 Å². The fraction of sp³-hybridized carbons (Fsp3) is 0.462. The van der Waals surface area contributed by atoms with E-state index >= 15 is 0 Å². The van der Waals surface area contributed by atoms with E-state index < -0.39 is 5.60 Å². The minimum Gasteiger partial charge on any atom is -0.389 e. The standard InChI is InChI=1S/C26H33N5O/c1-17(2)24-21-13-19(18-8-11-30(12-9-18)16-26(3,4)32)5-6-22(21)29-25(24)20-14-27-23-7-10-28-31(23)15-20/h5-7,10,13-15,17-18,29,32H,8-9,11-12,16H2,1-4H3. The number of fused-ring (bicyclic) bond motifs is 2. The van der Waals surface area contributed by atoms with E-state index in [1.54, 1.807) is 6.20 Å². The van der Waals surface area contributed by atoms with Crippen LogP contribution in [-0.2, 0) is 0 Å². The number of aromatic nitrogens is 4. The topological polar surface area (TPSA) is 69.5 Å². The second-order valence-electron chi connectivity index (χ2n) is 10.2. The van der Waals surface area contributed by atoms with Crippen LogP contribution in [0.25, 0.3) is 27.8 Å². The molecule has 6 heteroatoms. The Kier molecular flexibility index (Phi) is 5.30. The summed E-state index contributed by atoms with van der Waals surface area (Å²) < 4.78 is 1.83. The van der Waals surface area contributed by atoms with Crippen molar-refractivity contribution in [2.45, 2.75) is 58.0 Å². The molecule has 32 heavy (non-hydrogen) atoms. The molecule has 0 spiro atoms. The first-order valence-electron chi connectivity index (χ1n) is 11.7. The molecule has 4 heterocycles. The smallest absolute Gasteiger partial charge is 0.154 e. The Labute approximate surface area is 189 Å². The fourth-order valence-electron chi connectivity index (χ4n) is 5.22. The number of β-amino-alcohol motifs (C(OH)–C–C–N with tert-alkyl or cyclic N) is 1. The maximum Gasteiger partial charge on any atom is 0.154 e. The molecule has 0 radical (unpaired) electrons. The fourth-order valence-corrected chi connectivity index (χ4v) is 5.22. The second kappa shape index (κ2) is 8.01. The second-order valence-corrected chi connectivity index (χ2v) is 10.2. The first-order chi connectivity index (χ1) is 15.3. The average molecular weight is 432 g/mol. The Bertz CT molecular complexity index is 1240. The summed E-state index contributed by atoms with van der Waals surface area (Å²) in [5.41, 5.74) is 6.36. The highest BCUT2D eigenvalue weighted by molar-refractivity contribution is 5.91. The molecule has 1 aromatic carbocycles. The maximum absolute atomic E-state index is 10.1. The summed E-state index contributed by atoms with van der Waals surface area (Å²) >= 11 is 0. The van der Waals surface area contributed by atoms with E-state index in [2.05, 4.69) is 58.2 Å². The molecule has 3 aromatic heterocycles. The van der Waals surface area contributed by atoms with Crippen molar-refractivity contribution in [1.82, 2.24) is 24.5 Å². The first-order valence-corrected chi connectivity index (χ1v) is 11.7. The van der Waals surface area contributed by atoms with Crippen molar-refractivity contribution in [2.24, 2.45) is 0 Å². The lowest BCUT2D eigenvalue weighted by Gasteiger charge is -2.35. The normalized spacial score (nSPS) is 16.6. The summed E-state index contributed by atoms with van der Waals surface area (Å²) in [5, 5.41) is 15.8. The van der Waals surface area contributed by atoms with Gasteiger partial charge >= 0.3 is 0 Å². The summed E-state index contributed by atoms with van der Waals surface area (Å²) in [6.07, 6.45) is 8.04. The average Bonchev–Trinajstić information content (AvgIpc) is 3.36. The van der Waals surface area contributed by atoms with Crippen molar-refractivity contribution in [3.8, 4) is 11.3 Å². The van der Waals surface area contributed by atoms with Crippen molar-refractivity contribution < 1.29 is 5.11 Å². The van der Waals surface area contributed by atoms with Gasteiger partial charge in [-0.1, -0.05) is 19.9 Å². The largest absolute Gasteiger partial charge is 0.389 e. The van der Waals surface area contributed by atoms with Gasteiger partial charge in [0.2, 0.25) is 0 Å². The van der Waals surface area contributed by atoms with Crippen LogP contribution in [0.1, 0.15) is 63.5 Å². The van der Waals surface area contributed by atoms with Crippen molar-refractivity contribution in [2.75, 3.05) is 19.6 Å². The van der Waals surface area contributed by atoms with Gasteiger partial charge in [0, 0.05) is 41.5 Å². The molecule has 1 saturated heterocycles. The Morgan fingerprint density at radius 1 is 1.19 bits per heavy atom. The summed E-state index contributed by atoms with van der Waals surface area (Å²) in [6, 6.07) is 8.85. The lowest BCUT2D eigenvalue weighted by molar-refractivity contribution is 0.0282. The molecule has 1 fully saturated rings. The summed E-state index contributed by atoms with van der Waals surface area (Å²) in [4.78, 5) is 10.6. The van der Waals surface area contributed by atoms with E-state index in [0.29, 0.717) is 11.8 Å². The molecule has 0 atom stereocenters. The molecule has 6 nitrogen and oxygen atoms in total. The zero-order chi connectivity index (χ0) is 22.5. The molecule has 0 unspecified atom stereocenters. The summed E-state index contributed by atoms with van der Waals surface area (Å²) in [7, 11) is 0. The molecule has 168 valence electrons. The van der Waals surface area contributed by atoms with E-state index in [1.807, 2.05) is 30.6 Å². The molecule has 1 aliphatic rings. The third-order valence-electron chi connectivity index (χ3n) is 6.65. The van der Waals surface area contributed by atoms with Crippen LogP contribution in [-0.4, -0.2) is 54.8 Å². The Balaban J connectivity index is 1.47. The Morgan fingerprint density at radius 3 is 2.69 bits per heavy atom. The quantitative estimate of drug-likeness (QED) is 0.469. The van der Waals surface area contributed by atoms with Crippen molar-refractivity contribution in [3.63, 3.8) is 0 Å². The minimum absolute atomic E-state index is 0.385. The van der Waals surface area contributed by atoms with Crippen LogP contribution in [0.15, 0.2) is 42.9 Å². The number of nitrogens with one attached hydrogen (secondary N) is 1. The van der Waals surface area contributed by atoms with Crippen molar-refractivity contribution in [3.05, 3.63) is 54.0 Å². The predicted molar refractivity (Wildman–Crippen MR) is 129 cm³/mol. The van der Waals surface area contributed by atoms with Crippen LogP contribution >= 0.6 is 0 Å². The van der Waals surface area contributed by atoms with E-state index in [0.717, 1.165) is 49.4 Å². The third-order valence-corrected chi connectivity index (χ3v) is 6.65. The highest BCUT2D eigenvalue weighted by Crippen LogP contribution is 2.38. The molecule has 5 rings (SSSR count). The van der Waals surface area contributed by atoms with Gasteiger partial charge in [0.05, 0.1) is 17.5 Å². The van der Waals surface area contributed by atoms with E-state index in [4.69, 9.17) is 0 Å². The number of likely N-dealkylation sites (tertiary alicyclic amines) is 1. The molecule has 4 aromatic rings. The number of benzene rings is 1. The number of aliphatic hydroxyl groups is 1. The van der Waals surface area contributed by atoms with Crippen LogP contribution in [0.4, 0.5) is 0 Å². The van der Waals surface area contributed by atoms with Crippen LogP contribution in [0.3, 0.4) is 0 Å². The summed E-state index contributed by atoms with van der Waals surface area (Å²) in [6.45, 7) is 11.1. The molecule has 0 saturated carbocycles. The predicted octanol–water partition coefficient (Wildman–Crippen LogP) is 4.95. The van der Waals surface area contributed by atoms with Gasteiger partial charge in [-0.3, -0.25) is 0 Å². The van der Waals surface area contributed by atoms with Gasteiger partial charge < -0.3 is 15.0 Å². The van der Waals surface area contributed by atoms with Gasteiger partial charge in [-0.05, 0) is 74.9 Å². The van der Waals surface area contributed by atoms with E-state index in [-0.39, 0.29) is 0 Å². The highest BCUT2D eigenvalue weighted by atomic mass is 16.3. The lowest BCUT2D eigenvalue weighted by atomic mass is 9.87. The van der Waals surface area contributed by atoms with Gasteiger partial charge in [-0.15, -0.1) is 0 Å². The zero-order valence-corrected chi connectivity index (χ0v) is 19.5. The van der Waals surface area contributed by atoms with Gasteiger partial charge in [0.25, 0.3) is 0 Å². The monoisotopic (exact) mass is 431 g/mol. The van der Waals surface area contributed by atoms with Gasteiger partial charge in [0.15, 0.2) is 5.65 Å². The number of piperidine rings is 1. The van der Waals surface area contributed by atoms with Gasteiger partial charge in [-0.25, -0.2) is 9.50 Å². The Morgan fingerprint density at radius 2 is 1.97 bits per heavy atom. The molecule has 0 aliphatic carbocycles. The van der Waals surface area contributed by atoms with E-state index in [9.17, 15) is 5.11 Å². The van der Waals surface area contributed by atoms with Gasteiger partial charge in [-0.2, -0.15) is 5.10 Å². The lowest BCUT2D eigenvalue weighted by Crippen LogP contribution is -2.42. The van der Waals surface area contributed by atoms with Crippen LogP contribution in [0.5, 0.6) is 0 Å². The van der Waals surface area contributed by atoms with Gasteiger partial charge in [0.1, 0.15) is 0 Å². The number of hydrogen-bond donors (Lipinski definition) is 2. The molecular weight excluding hydrogens is 398 g/mol. The maximum atomic E-state index is 10.1.